The molecule has 3 rings (SSSR count). The number of hydrogen-bond acceptors (Lipinski definition) is 4. The fourth-order valence-electron chi connectivity index (χ4n) is 4.42. The van der Waals surface area contributed by atoms with Gasteiger partial charge in [0.15, 0.2) is 0 Å². The second-order valence-electron chi connectivity index (χ2n) is 9.57. The minimum Gasteiger partial charge on any atom is -0.768 e. The molecule has 0 saturated heterocycles. The third-order valence-electron chi connectivity index (χ3n) is 6.57. The summed E-state index contributed by atoms with van der Waals surface area (Å²) >= 11 is -2.33. The molecule has 4 nitrogen and oxygen atoms in total. The average molecular weight is 464 g/mol. The van der Waals surface area contributed by atoms with Gasteiger partial charge in [0.25, 0.3) is 0 Å². The van der Waals surface area contributed by atoms with Gasteiger partial charge in [-0.2, -0.15) is 0 Å². The molecule has 3 aromatic rings. The van der Waals surface area contributed by atoms with Crippen LogP contribution < -0.4 is 9.80 Å². The Balaban J connectivity index is 2.45. The number of benzene rings is 3. The third kappa shape index (κ3) is 5.15. The molecular weight excluding hydrogens is 428 g/mol. The van der Waals surface area contributed by atoms with Crippen LogP contribution in [-0.2, 0) is 16.5 Å². The summed E-state index contributed by atoms with van der Waals surface area (Å²) in [5.74, 6) is -0.107. The summed E-state index contributed by atoms with van der Waals surface area (Å²) in [6, 6.07) is 22.7. The SMILES string of the molecule is CCC(C)(C)c1c(S(=O)[O-])ccc(N(C)C)c1C(c1ccccc1)c1ccc(N(C)C)cc1. The maximum Gasteiger partial charge on any atom is 0.0407 e. The molecule has 0 aromatic heterocycles. The highest BCUT2D eigenvalue weighted by atomic mass is 32.2. The standard InChI is InChI=1S/C28H36N2O2S/c1-8-28(2,3)27-24(33(31)32)19-18-23(30(6)7)26(27)25(20-12-10-9-11-13-20)21-14-16-22(17-15-21)29(4)5/h9-19,25H,8H2,1-7H3,(H,31,32)/p-1. The fourth-order valence-corrected chi connectivity index (χ4v) is 5.15. The highest BCUT2D eigenvalue weighted by Crippen LogP contribution is 2.46. The molecule has 176 valence electrons. The first-order chi connectivity index (χ1) is 15.6. The van der Waals surface area contributed by atoms with Gasteiger partial charge in [0, 0.05) is 50.4 Å². The van der Waals surface area contributed by atoms with Gasteiger partial charge in [-0.05, 0) is 69.4 Å². The van der Waals surface area contributed by atoms with Gasteiger partial charge in [0.2, 0.25) is 0 Å². The van der Waals surface area contributed by atoms with Crippen LogP contribution in [0.3, 0.4) is 0 Å². The second-order valence-corrected chi connectivity index (χ2v) is 10.5. The zero-order valence-corrected chi connectivity index (χ0v) is 21.6. The molecule has 0 fully saturated rings. The van der Waals surface area contributed by atoms with Gasteiger partial charge in [-0.3, -0.25) is 4.21 Å². The molecule has 0 spiro atoms. The maximum atomic E-state index is 12.4. The Bertz CT molecular complexity index is 1110. The summed E-state index contributed by atoms with van der Waals surface area (Å²) < 4.78 is 24.8. The fraction of sp³-hybridized carbons (Fsp3) is 0.357. The van der Waals surface area contributed by atoms with Crippen molar-refractivity contribution in [2.75, 3.05) is 38.0 Å². The molecule has 0 aliphatic rings. The Morgan fingerprint density at radius 2 is 1.42 bits per heavy atom. The van der Waals surface area contributed by atoms with Crippen LogP contribution in [-0.4, -0.2) is 37.0 Å². The Morgan fingerprint density at radius 1 is 0.848 bits per heavy atom. The van der Waals surface area contributed by atoms with E-state index in [1.807, 2.05) is 52.5 Å². The molecular formula is C28H35N2O2S-. The van der Waals surface area contributed by atoms with Gasteiger partial charge in [-0.25, -0.2) is 0 Å². The molecule has 3 aromatic carbocycles. The Labute approximate surface area is 201 Å². The van der Waals surface area contributed by atoms with Gasteiger partial charge in [-0.1, -0.05) is 63.2 Å². The van der Waals surface area contributed by atoms with E-state index in [4.69, 9.17) is 0 Å². The number of hydrogen-bond donors (Lipinski definition) is 0. The van der Waals surface area contributed by atoms with Crippen LogP contribution in [0.4, 0.5) is 11.4 Å². The lowest BCUT2D eigenvalue weighted by Gasteiger charge is -2.36. The van der Waals surface area contributed by atoms with E-state index < -0.39 is 11.1 Å². The van der Waals surface area contributed by atoms with Gasteiger partial charge in [-0.15, -0.1) is 0 Å². The van der Waals surface area contributed by atoms with E-state index in [-0.39, 0.29) is 11.3 Å². The normalized spacial score (nSPS) is 13.5. The summed E-state index contributed by atoms with van der Waals surface area (Å²) in [6.45, 7) is 6.39. The van der Waals surface area contributed by atoms with E-state index in [0.717, 1.165) is 40.0 Å². The molecule has 0 aliphatic carbocycles. The lowest BCUT2D eigenvalue weighted by atomic mass is 9.73. The zero-order valence-electron chi connectivity index (χ0n) is 20.8. The quantitative estimate of drug-likeness (QED) is 0.307. The molecule has 0 N–H and O–H groups in total. The van der Waals surface area contributed by atoms with Crippen molar-refractivity contribution in [1.29, 1.82) is 0 Å². The van der Waals surface area contributed by atoms with Crippen LogP contribution in [0.15, 0.2) is 71.6 Å². The predicted octanol–water partition coefficient (Wildman–Crippen LogP) is 5.92. The first kappa shape index (κ1) is 25.0. The van der Waals surface area contributed by atoms with E-state index in [0.29, 0.717) is 4.90 Å². The molecule has 0 amide bonds. The van der Waals surface area contributed by atoms with Crippen molar-refractivity contribution in [2.45, 2.75) is 43.4 Å². The zero-order chi connectivity index (χ0) is 24.3. The lowest BCUT2D eigenvalue weighted by molar-refractivity contribution is 0.481. The molecule has 2 atom stereocenters. The highest BCUT2D eigenvalue weighted by Gasteiger charge is 2.33. The summed E-state index contributed by atoms with van der Waals surface area (Å²) in [7, 11) is 8.10. The van der Waals surface area contributed by atoms with E-state index in [9.17, 15) is 8.76 Å². The van der Waals surface area contributed by atoms with Crippen molar-refractivity contribution in [3.63, 3.8) is 0 Å². The van der Waals surface area contributed by atoms with Gasteiger partial charge >= 0.3 is 0 Å². The molecule has 0 radical (unpaired) electrons. The van der Waals surface area contributed by atoms with Gasteiger partial charge in [0.1, 0.15) is 0 Å². The van der Waals surface area contributed by atoms with Crippen molar-refractivity contribution in [3.05, 3.63) is 89.0 Å². The van der Waals surface area contributed by atoms with Gasteiger partial charge < -0.3 is 14.4 Å². The van der Waals surface area contributed by atoms with Crippen LogP contribution in [0, 0.1) is 0 Å². The summed E-state index contributed by atoms with van der Waals surface area (Å²) in [5.41, 5.74) is 6.06. The first-order valence-electron chi connectivity index (χ1n) is 11.3. The Hall–Kier alpha value is -2.63. The van der Waals surface area contributed by atoms with Crippen molar-refractivity contribution in [2.24, 2.45) is 0 Å². The minimum absolute atomic E-state index is 0.107. The van der Waals surface area contributed by atoms with E-state index >= 15 is 0 Å². The second kappa shape index (κ2) is 10.1. The molecule has 0 saturated carbocycles. The van der Waals surface area contributed by atoms with E-state index in [1.54, 1.807) is 6.07 Å². The molecule has 0 aliphatic heterocycles. The topological polar surface area (TPSA) is 46.6 Å². The Kier molecular flexibility index (Phi) is 7.65. The minimum atomic E-state index is -2.33. The van der Waals surface area contributed by atoms with Crippen LogP contribution >= 0.6 is 0 Å². The lowest BCUT2D eigenvalue weighted by Crippen LogP contribution is -2.26. The van der Waals surface area contributed by atoms with Crippen molar-refractivity contribution >= 4 is 22.5 Å². The average Bonchev–Trinajstić information content (AvgIpc) is 2.79. The predicted molar refractivity (Wildman–Crippen MR) is 139 cm³/mol. The van der Waals surface area contributed by atoms with Crippen LogP contribution in [0.25, 0.3) is 0 Å². The van der Waals surface area contributed by atoms with Crippen molar-refractivity contribution in [3.8, 4) is 0 Å². The van der Waals surface area contributed by atoms with Crippen molar-refractivity contribution < 1.29 is 8.76 Å². The number of nitrogens with zero attached hydrogens (tertiary/aromatic N) is 2. The third-order valence-corrected chi connectivity index (χ3v) is 7.27. The molecule has 0 heterocycles. The van der Waals surface area contributed by atoms with Crippen LogP contribution in [0.2, 0.25) is 0 Å². The van der Waals surface area contributed by atoms with Gasteiger partial charge in [0.05, 0.1) is 0 Å². The van der Waals surface area contributed by atoms with E-state index in [1.165, 1.54) is 0 Å². The summed E-state index contributed by atoms with van der Waals surface area (Å²) in [6.07, 6.45) is 0.822. The summed E-state index contributed by atoms with van der Waals surface area (Å²) in [4.78, 5) is 4.55. The monoisotopic (exact) mass is 463 g/mol. The summed E-state index contributed by atoms with van der Waals surface area (Å²) in [5, 5.41) is 0. The van der Waals surface area contributed by atoms with Crippen LogP contribution in [0.1, 0.15) is 55.4 Å². The smallest absolute Gasteiger partial charge is 0.0407 e. The Morgan fingerprint density at radius 3 is 1.91 bits per heavy atom. The molecule has 5 heteroatoms. The molecule has 0 bridgehead atoms. The van der Waals surface area contributed by atoms with Crippen LogP contribution in [0.5, 0.6) is 0 Å². The maximum absolute atomic E-state index is 12.4. The van der Waals surface area contributed by atoms with Crippen molar-refractivity contribution in [1.82, 2.24) is 0 Å². The van der Waals surface area contributed by atoms with E-state index in [2.05, 4.69) is 67.0 Å². The largest absolute Gasteiger partial charge is 0.768 e. The number of rotatable bonds is 8. The molecule has 2 unspecified atom stereocenters. The number of anilines is 2. The molecule has 33 heavy (non-hydrogen) atoms. The highest BCUT2D eigenvalue weighted by molar-refractivity contribution is 7.79. The first-order valence-corrected chi connectivity index (χ1v) is 12.4.